The number of anilines is 1. The van der Waals surface area contributed by atoms with Crippen molar-refractivity contribution in [1.29, 1.82) is 0 Å². The number of nitro benzene ring substituents is 1. The number of para-hydroxylation sites is 1. The zero-order valence-electron chi connectivity index (χ0n) is 19.4. The fourth-order valence-corrected chi connectivity index (χ4v) is 5.95. The van der Waals surface area contributed by atoms with Crippen LogP contribution in [0.25, 0.3) is 10.9 Å². The summed E-state index contributed by atoms with van der Waals surface area (Å²) in [4.78, 5) is 20.1. The Bertz CT molecular complexity index is 1280. The van der Waals surface area contributed by atoms with Crippen LogP contribution in [0.2, 0.25) is 0 Å². The Hall–Kier alpha value is -3.08. The van der Waals surface area contributed by atoms with Crippen molar-refractivity contribution in [2.45, 2.75) is 25.3 Å². The Labute approximate surface area is 199 Å². The van der Waals surface area contributed by atoms with Crippen molar-refractivity contribution in [3.05, 3.63) is 70.4 Å². The fraction of sp³-hybridized carbons (Fsp3) is 0.375. The monoisotopic (exact) mass is 483 g/mol. The first kappa shape index (κ1) is 24.1. The summed E-state index contributed by atoms with van der Waals surface area (Å²) in [6.07, 6.45) is 1.80. The summed E-state index contributed by atoms with van der Waals surface area (Å²) in [5.41, 5.74) is 2.42. The van der Waals surface area contributed by atoms with Gasteiger partial charge >= 0.3 is 0 Å². The lowest BCUT2D eigenvalue weighted by Crippen LogP contribution is -2.46. The van der Waals surface area contributed by atoms with E-state index in [0.29, 0.717) is 31.9 Å². The lowest BCUT2D eigenvalue weighted by Gasteiger charge is -2.36. The normalized spacial score (nSPS) is 15.2. The van der Waals surface area contributed by atoms with Gasteiger partial charge in [0.1, 0.15) is 5.69 Å². The molecule has 0 unspecified atom stereocenters. The number of piperazine rings is 1. The largest absolute Gasteiger partial charge is 0.363 e. The minimum Gasteiger partial charge on any atom is -0.363 e. The molecule has 0 spiro atoms. The number of benzene rings is 2. The maximum absolute atomic E-state index is 12.8. The maximum Gasteiger partial charge on any atom is 0.293 e. The van der Waals surface area contributed by atoms with Crippen LogP contribution in [-0.4, -0.2) is 66.8 Å². The average Bonchev–Trinajstić information content (AvgIpc) is 2.85. The third-order valence-corrected chi connectivity index (χ3v) is 8.36. The van der Waals surface area contributed by atoms with Crippen LogP contribution < -0.4 is 4.90 Å². The first-order valence-corrected chi connectivity index (χ1v) is 12.9. The number of hydrogen-bond donors (Lipinski definition) is 0. The van der Waals surface area contributed by atoms with Crippen LogP contribution in [0.5, 0.6) is 0 Å². The molecule has 0 aliphatic carbocycles. The van der Waals surface area contributed by atoms with Gasteiger partial charge in [-0.05, 0) is 23.8 Å². The molecule has 2 aromatic carbocycles. The van der Waals surface area contributed by atoms with Gasteiger partial charge < -0.3 is 4.90 Å². The number of nitrogens with zero attached hydrogens (tertiary/aromatic N) is 5. The van der Waals surface area contributed by atoms with Crippen molar-refractivity contribution >= 4 is 32.3 Å². The minimum absolute atomic E-state index is 0.0475. The summed E-state index contributed by atoms with van der Waals surface area (Å²) in [6.45, 7) is 7.56. The Balaban J connectivity index is 1.51. The Morgan fingerprint density at radius 3 is 2.41 bits per heavy atom. The van der Waals surface area contributed by atoms with Gasteiger partial charge in [-0.3, -0.25) is 20.0 Å². The number of sulfonamides is 1. The van der Waals surface area contributed by atoms with Crippen molar-refractivity contribution in [3.63, 3.8) is 0 Å². The van der Waals surface area contributed by atoms with E-state index in [9.17, 15) is 18.5 Å². The summed E-state index contributed by atoms with van der Waals surface area (Å²) in [5, 5.41) is 12.9. The van der Waals surface area contributed by atoms with E-state index >= 15 is 0 Å². The Morgan fingerprint density at radius 2 is 1.74 bits per heavy atom. The summed E-state index contributed by atoms with van der Waals surface area (Å²) < 4.78 is 27.0. The first-order valence-electron chi connectivity index (χ1n) is 11.4. The number of nitro groups is 1. The molecule has 0 bridgehead atoms. The van der Waals surface area contributed by atoms with Gasteiger partial charge in [0.15, 0.2) is 0 Å². The van der Waals surface area contributed by atoms with Gasteiger partial charge in [-0.2, -0.15) is 4.31 Å². The maximum atomic E-state index is 12.8. The fourth-order valence-electron chi connectivity index (χ4n) is 4.47. The van der Waals surface area contributed by atoms with Crippen molar-refractivity contribution in [3.8, 4) is 0 Å². The highest BCUT2D eigenvalue weighted by molar-refractivity contribution is 7.89. The van der Waals surface area contributed by atoms with Crippen molar-refractivity contribution in [2.24, 2.45) is 0 Å². The molecule has 2 heterocycles. The number of aromatic nitrogens is 1. The molecule has 1 aromatic heterocycles. The van der Waals surface area contributed by atoms with Crippen LogP contribution in [0.1, 0.15) is 19.4 Å². The number of hydrogen-bond acceptors (Lipinski definition) is 7. The smallest absolute Gasteiger partial charge is 0.293 e. The second kappa shape index (κ2) is 10.0. The lowest BCUT2D eigenvalue weighted by atomic mass is 10.1. The average molecular weight is 484 g/mol. The third kappa shape index (κ3) is 4.75. The van der Waals surface area contributed by atoms with Crippen LogP contribution in [0.15, 0.2) is 59.6 Å². The predicted molar refractivity (Wildman–Crippen MR) is 132 cm³/mol. The topological polar surface area (TPSA) is 99.9 Å². The number of fused-ring (bicyclic) bond motifs is 1. The summed E-state index contributed by atoms with van der Waals surface area (Å²) in [7, 11) is -3.77. The SMILES string of the molecule is CCN(CC)S(=O)(=O)c1ccc(N2CCN(Cc3cccc4cccnc34)CC2)c([N+](=O)[O-])c1. The quantitative estimate of drug-likeness (QED) is 0.357. The van der Waals surface area contributed by atoms with Crippen molar-refractivity contribution in [1.82, 2.24) is 14.2 Å². The Kier molecular flexibility index (Phi) is 7.11. The van der Waals surface area contributed by atoms with E-state index in [1.807, 2.05) is 29.2 Å². The standard InChI is InChI=1S/C24H29N5O4S/c1-3-28(4-2)34(32,33)21-10-11-22(23(17-21)29(30)31)27-15-13-26(14-16-27)18-20-8-5-7-19-9-6-12-25-24(19)20/h5-12,17H,3-4,13-16,18H2,1-2H3. The van der Waals surface area contributed by atoms with Gasteiger partial charge in [-0.1, -0.05) is 38.1 Å². The van der Waals surface area contributed by atoms with Gasteiger partial charge in [-0.25, -0.2) is 8.42 Å². The van der Waals surface area contributed by atoms with Gasteiger partial charge in [-0.15, -0.1) is 0 Å². The highest BCUT2D eigenvalue weighted by Crippen LogP contribution is 2.32. The summed E-state index contributed by atoms with van der Waals surface area (Å²) in [5.74, 6) is 0. The van der Waals surface area contributed by atoms with Gasteiger partial charge in [0, 0.05) is 63.5 Å². The molecule has 4 rings (SSSR count). The van der Waals surface area contributed by atoms with Gasteiger partial charge in [0.05, 0.1) is 15.3 Å². The van der Waals surface area contributed by atoms with E-state index in [0.717, 1.165) is 36.1 Å². The van der Waals surface area contributed by atoms with E-state index in [4.69, 9.17) is 0 Å². The molecule has 3 aromatic rings. The van der Waals surface area contributed by atoms with Gasteiger partial charge in [0.25, 0.3) is 5.69 Å². The van der Waals surface area contributed by atoms with E-state index < -0.39 is 14.9 Å². The number of rotatable bonds is 8. The molecule has 34 heavy (non-hydrogen) atoms. The molecule has 0 saturated carbocycles. The highest BCUT2D eigenvalue weighted by atomic mass is 32.2. The van der Waals surface area contributed by atoms with E-state index in [1.165, 1.54) is 16.4 Å². The highest BCUT2D eigenvalue weighted by Gasteiger charge is 2.29. The second-order valence-electron chi connectivity index (χ2n) is 8.25. The first-order chi connectivity index (χ1) is 16.3. The molecule has 10 heteroatoms. The van der Waals surface area contributed by atoms with E-state index in [-0.39, 0.29) is 10.6 Å². The van der Waals surface area contributed by atoms with E-state index in [1.54, 1.807) is 26.1 Å². The third-order valence-electron chi connectivity index (χ3n) is 6.31. The minimum atomic E-state index is -3.77. The van der Waals surface area contributed by atoms with Crippen LogP contribution in [0, 0.1) is 10.1 Å². The zero-order chi connectivity index (χ0) is 24.3. The molecule has 0 atom stereocenters. The Morgan fingerprint density at radius 1 is 1.03 bits per heavy atom. The summed E-state index contributed by atoms with van der Waals surface area (Å²) in [6, 6.07) is 14.4. The van der Waals surface area contributed by atoms with Crippen LogP contribution in [-0.2, 0) is 16.6 Å². The van der Waals surface area contributed by atoms with Crippen molar-refractivity contribution < 1.29 is 13.3 Å². The van der Waals surface area contributed by atoms with E-state index in [2.05, 4.69) is 16.0 Å². The number of pyridine rings is 1. The zero-order valence-corrected chi connectivity index (χ0v) is 20.2. The molecule has 0 radical (unpaired) electrons. The van der Waals surface area contributed by atoms with Crippen molar-refractivity contribution in [2.75, 3.05) is 44.2 Å². The molecule has 1 saturated heterocycles. The van der Waals surface area contributed by atoms with Crippen LogP contribution in [0.4, 0.5) is 11.4 Å². The molecule has 1 aliphatic rings. The lowest BCUT2D eigenvalue weighted by molar-refractivity contribution is -0.384. The molecule has 1 fully saturated rings. The molecule has 9 nitrogen and oxygen atoms in total. The predicted octanol–water partition coefficient (Wildman–Crippen LogP) is 3.50. The summed E-state index contributed by atoms with van der Waals surface area (Å²) >= 11 is 0. The molecule has 0 N–H and O–H groups in total. The molecule has 180 valence electrons. The van der Waals surface area contributed by atoms with Gasteiger partial charge in [0.2, 0.25) is 10.0 Å². The van der Waals surface area contributed by atoms with Crippen LogP contribution in [0.3, 0.4) is 0 Å². The molecular formula is C24H29N5O4S. The van der Waals surface area contributed by atoms with Crippen LogP contribution >= 0.6 is 0 Å². The molecule has 1 aliphatic heterocycles. The second-order valence-corrected chi connectivity index (χ2v) is 10.2. The molecule has 0 amide bonds. The molecular weight excluding hydrogens is 454 g/mol.